The molecule has 2 aromatic rings. The van der Waals surface area contributed by atoms with Gasteiger partial charge in [0.25, 0.3) is 0 Å². The largest absolute Gasteiger partial charge is 0.481 e. The average Bonchev–Trinajstić information content (AvgIpc) is 3.33. The van der Waals surface area contributed by atoms with Crippen molar-refractivity contribution in [1.82, 2.24) is 4.98 Å². The summed E-state index contributed by atoms with van der Waals surface area (Å²) in [6.45, 7) is 3.95. The van der Waals surface area contributed by atoms with Crippen LogP contribution in [0.4, 0.5) is 13.2 Å². The summed E-state index contributed by atoms with van der Waals surface area (Å²) in [5.74, 6) is -0.119. The fourth-order valence-electron chi connectivity index (χ4n) is 3.55. The zero-order valence-corrected chi connectivity index (χ0v) is 20.3. The predicted octanol–water partition coefficient (Wildman–Crippen LogP) is 6.96. The minimum atomic E-state index is -4.35. The van der Waals surface area contributed by atoms with Gasteiger partial charge in [-0.3, -0.25) is 9.79 Å². The van der Waals surface area contributed by atoms with Gasteiger partial charge in [0.1, 0.15) is 5.01 Å². The van der Waals surface area contributed by atoms with E-state index in [4.69, 9.17) is 10.1 Å². The molecule has 1 aromatic heterocycles. The second kappa shape index (κ2) is 9.68. The Balaban J connectivity index is 1.44. The standard InChI is InChI=1S/C23H21F3N2O2S3/c1-12-9-16-21(33-19(28-16)7-8-20(29)30)17(10-12)31-11-18-13(2)27-22(32-18)14-3-5-15(6-4-14)23(24,25)26/h3-6,9-10,16,21H,7-8,11H2,1-2H3,(H,29,30)/t16-,21?/m1/s1. The van der Waals surface area contributed by atoms with Crippen molar-refractivity contribution in [3.05, 3.63) is 63.0 Å². The minimum Gasteiger partial charge on any atom is -0.481 e. The Morgan fingerprint density at radius 3 is 2.61 bits per heavy atom. The molecule has 2 heterocycles. The van der Waals surface area contributed by atoms with Crippen LogP contribution in [0, 0.1) is 6.92 Å². The zero-order chi connectivity index (χ0) is 23.8. The van der Waals surface area contributed by atoms with Crippen LogP contribution in [0.3, 0.4) is 0 Å². The van der Waals surface area contributed by atoms with Gasteiger partial charge in [0.2, 0.25) is 0 Å². The van der Waals surface area contributed by atoms with E-state index < -0.39 is 17.7 Å². The molecule has 10 heteroatoms. The molecule has 0 saturated heterocycles. The monoisotopic (exact) mass is 510 g/mol. The lowest BCUT2D eigenvalue weighted by atomic mass is 10.0. The molecule has 2 aliphatic rings. The molecule has 4 nitrogen and oxygen atoms in total. The van der Waals surface area contributed by atoms with E-state index in [0.29, 0.717) is 22.7 Å². The van der Waals surface area contributed by atoms with E-state index in [9.17, 15) is 18.0 Å². The van der Waals surface area contributed by atoms with Gasteiger partial charge in [-0.25, -0.2) is 4.98 Å². The van der Waals surface area contributed by atoms with Crippen LogP contribution in [-0.2, 0) is 16.7 Å². The Morgan fingerprint density at radius 1 is 1.21 bits per heavy atom. The van der Waals surface area contributed by atoms with E-state index in [1.807, 2.05) is 13.8 Å². The number of halogens is 3. The van der Waals surface area contributed by atoms with Gasteiger partial charge in [-0.1, -0.05) is 35.5 Å². The quantitative estimate of drug-likeness (QED) is 0.436. The first-order valence-electron chi connectivity index (χ1n) is 10.2. The highest BCUT2D eigenvalue weighted by molar-refractivity contribution is 8.16. The maximum absolute atomic E-state index is 12.8. The van der Waals surface area contributed by atoms with Gasteiger partial charge in [0.05, 0.1) is 34.0 Å². The summed E-state index contributed by atoms with van der Waals surface area (Å²) in [5.41, 5.74) is 2.01. The van der Waals surface area contributed by atoms with Crippen LogP contribution in [0.25, 0.3) is 10.6 Å². The highest BCUT2D eigenvalue weighted by Gasteiger charge is 2.34. The molecule has 1 N–H and O–H groups in total. The van der Waals surface area contributed by atoms with E-state index in [-0.39, 0.29) is 17.7 Å². The molecule has 2 atom stereocenters. The molecule has 0 radical (unpaired) electrons. The molecular weight excluding hydrogens is 489 g/mol. The van der Waals surface area contributed by atoms with Gasteiger partial charge in [-0.05, 0) is 32.1 Å². The lowest BCUT2D eigenvalue weighted by Crippen LogP contribution is -2.20. The van der Waals surface area contributed by atoms with Crippen LogP contribution >= 0.6 is 34.9 Å². The third-order valence-corrected chi connectivity index (χ3v) is 9.27. The Bertz CT molecular complexity index is 1150. The summed E-state index contributed by atoms with van der Waals surface area (Å²) < 4.78 is 38.5. The predicted molar refractivity (Wildman–Crippen MR) is 130 cm³/mol. The Hall–Kier alpha value is -2.04. The molecule has 1 aliphatic carbocycles. The Kier molecular flexibility index (Phi) is 7.07. The topological polar surface area (TPSA) is 62.5 Å². The van der Waals surface area contributed by atoms with Crippen LogP contribution in [-0.4, -0.2) is 32.4 Å². The molecule has 1 aliphatic heterocycles. The first kappa shape index (κ1) is 24.1. The summed E-state index contributed by atoms with van der Waals surface area (Å²) in [4.78, 5) is 22.5. The normalized spacial score (nSPS) is 20.2. The van der Waals surface area contributed by atoms with E-state index >= 15 is 0 Å². The summed E-state index contributed by atoms with van der Waals surface area (Å²) >= 11 is 4.85. The van der Waals surface area contributed by atoms with Gasteiger partial charge in [0.15, 0.2) is 0 Å². The lowest BCUT2D eigenvalue weighted by molar-refractivity contribution is -0.138. The molecule has 0 spiro atoms. The summed E-state index contributed by atoms with van der Waals surface area (Å²) in [6, 6.07) is 5.12. The van der Waals surface area contributed by atoms with Crippen molar-refractivity contribution in [2.45, 2.75) is 49.9 Å². The number of carboxylic acids is 1. The molecule has 1 unspecified atom stereocenters. The number of thiazole rings is 1. The number of aromatic nitrogens is 1. The Labute approximate surface area is 202 Å². The van der Waals surface area contributed by atoms with Crippen LogP contribution in [0.15, 0.2) is 51.9 Å². The molecule has 0 bridgehead atoms. The SMILES string of the molecule is CC1=C[C@H]2N=C(CCC(=O)O)SC2C(SCc2sc(-c3ccc(C(F)(F)F)cc3)nc2C)=C1. The number of allylic oxidation sites excluding steroid dienone is 2. The number of nitrogens with zero attached hydrogens (tertiary/aromatic N) is 2. The first-order chi connectivity index (χ1) is 15.6. The van der Waals surface area contributed by atoms with Gasteiger partial charge in [-0.15, -0.1) is 23.1 Å². The number of fused-ring (bicyclic) bond motifs is 1. The van der Waals surface area contributed by atoms with Crippen molar-refractivity contribution < 1.29 is 23.1 Å². The van der Waals surface area contributed by atoms with Crippen molar-refractivity contribution in [3.63, 3.8) is 0 Å². The van der Waals surface area contributed by atoms with Crippen molar-refractivity contribution in [2.75, 3.05) is 0 Å². The summed E-state index contributed by atoms with van der Waals surface area (Å²) in [6.07, 6.45) is 0.444. The fourth-order valence-corrected chi connectivity index (χ4v) is 7.42. The number of aryl methyl sites for hydroxylation is 1. The number of aliphatic carboxylic acids is 1. The molecule has 174 valence electrons. The number of aliphatic imine (C=N–C) groups is 1. The van der Waals surface area contributed by atoms with E-state index in [1.165, 1.54) is 28.4 Å². The molecule has 1 aromatic carbocycles. The van der Waals surface area contributed by atoms with E-state index in [2.05, 4.69) is 17.1 Å². The fraction of sp³-hybridized carbons (Fsp3) is 0.348. The van der Waals surface area contributed by atoms with Gasteiger partial charge in [0, 0.05) is 27.5 Å². The molecule has 0 fully saturated rings. The van der Waals surface area contributed by atoms with Crippen molar-refractivity contribution >= 4 is 45.9 Å². The Morgan fingerprint density at radius 2 is 1.94 bits per heavy atom. The third-order valence-electron chi connectivity index (χ3n) is 5.22. The molecule has 0 amide bonds. The minimum absolute atomic E-state index is 0.0246. The first-order valence-corrected chi connectivity index (χ1v) is 12.9. The van der Waals surface area contributed by atoms with E-state index in [0.717, 1.165) is 33.3 Å². The lowest BCUT2D eigenvalue weighted by Gasteiger charge is -2.22. The van der Waals surface area contributed by atoms with Gasteiger partial charge >= 0.3 is 12.1 Å². The zero-order valence-electron chi connectivity index (χ0n) is 17.8. The summed E-state index contributed by atoms with van der Waals surface area (Å²) in [5, 5.41) is 10.7. The maximum Gasteiger partial charge on any atom is 0.416 e. The van der Waals surface area contributed by atoms with Crippen molar-refractivity contribution in [1.29, 1.82) is 0 Å². The van der Waals surface area contributed by atoms with Crippen LogP contribution < -0.4 is 0 Å². The summed E-state index contributed by atoms with van der Waals surface area (Å²) in [7, 11) is 0. The average molecular weight is 511 g/mol. The van der Waals surface area contributed by atoms with Gasteiger partial charge < -0.3 is 5.11 Å². The van der Waals surface area contributed by atoms with E-state index in [1.54, 1.807) is 23.5 Å². The second-order valence-electron chi connectivity index (χ2n) is 7.79. The molecule has 4 rings (SSSR count). The highest BCUT2D eigenvalue weighted by atomic mass is 32.2. The number of carbonyl (C=O) groups is 1. The van der Waals surface area contributed by atoms with Crippen LogP contribution in [0.5, 0.6) is 0 Å². The molecule has 33 heavy (non-hydrogen) atoms. The van der Waals surface area contributed by atoms with Crippen LogP contribution in [0.1, 0.15) is 35.9 Å². The third kappa shape index (κ3) is 5.73. The highest BCUT2D eigenvalue weighted by Crippen LogP contribution is 2.44. The van der Waals surface area contributed by atoms with Crippen molar-refractivity contribution in [2.24, 2.45) is 4.99 Å². The number of carboxylic acid groups (broad SMARTS) is 1. The second-order valence-corrected chi connectivity index (χ2v) is 11.1. The smallest absolute Gasteiger partial charge is 0.416 e. The molecular formula is C23H21F3N2O2S3. The van der Waals surface area contributed by atoms with Crippen LogP contribution in [0.2, 0.25) is 0 Å². The van der Waals surface area contributed by atoms with Crippen molar-refractivity contribution in [3.8, 4) is 10.6 Å². The number of hydrogen-bond donors (Lipinski definition) is 1. The maximum atomic E-state index is 12.8. The number of rotatable bonds is 7. The van der Waals surface area contributed by atoms with Gasteiger partial charge in [-0.2, -0.15) is 13.2 Å². The number of hydrogen-bond acceptors (Lipinski definition) is 6. The molecule has 0 saturated carbocycles. The number of benzene rings is 1. The number of alkyl halides is 3. The number of thioether (sulfide) groups is 2.